The van der Waals surface area contributed by atoms with Gasteiger partial charge in [0.05, 0.1) is 19.4 Å². The number of carbonyl (C=O) groups is 2. The summed E-state index contributed by atoms with van der Waals surface area (Å²) in [5, 5.41) is 6.86. The fourth-order valence-corrected chi connectivity index (χ4v) is 2.79. The van der Waals surface area contributed by atoms with E-state index < -0.39 is 0 Å². The Kier molecular flexibility index (Phi) is 7.26. The van der Waals surface area contributed by atoms with Crippen LogP contribution in [0.1, 0.15) is 12.0 Å². The van der Waals surface area contributed by atoms with Gasteiger partial charge in [0, 0.05) is 16.6 Å². The molecule has 0 spiro atoms. The third kappa shape index (κ3) is 6.32. The predicted octanol–water partition coefficient (Wildman–Crippen LogP) is 2.32. The summed E-state index contributed by atoms with van der Waals surface area (Å²) in [5.41, 5.74) is 1.08. The van der Waals surface area contributed by atoms with Gasteiger partial charge in [-0.1, -0.05) is 28.1 Å². The molecule has 0 radical (unpaired) electrons. The number of benzene rings is 1. The Labute approximate surface area is 152 Å². The van der Waals surface area contributed by atoms with Crippen LogP contribution in [0.4, 0.5) is 5.95 Å². The zero-order valence-corrected chi connectivity index (χ0v) is 15.5. The molecule has 9 heteroatoms. The van der Waals surface area contributed by atoms with Crippen molar-refractivity contribution in [2.45, 2.75) is 13.0 Å². The molecule has 1 aromatic heterocycles. The molecule has 1 N–H and O–H groups in total. The maximum Gasteiger partial charge on any atom is 0.315 e. The molecule has 0 fully saturated rings. The lowest BCUT2D eigenvalue weighted by Crippen LogP contribution is -2.14. The van der Waals surface area contributed by atoms with Crippen LogP contribution in [0.25, 0.3) is 0 Å². The van der Waals surface area contributed by atoms with Crippen molar-refractivity contribution in [2.24, 2.45) is 0 Å². The number of carbonyl (C=O) groups excluding carboxylic acids is 2. The molecule has 128 valence electrons. The van der Waals surface area contributed by atoms with Gasteiger partial charge >= 0.3 is 5.97 Å². The first kappa shape index (κ1) is 18.5. The molecule has 0 saturated carbocycles. The SMILES string of the molecule is COC(=O)CSCCC(=O)Nc1ncn(Cc2ccc(Br)cc2)n1. The number of nitrogens with zero attached hydrogens (tertiary/aromatic N) is 3. The van der Waals surface area contributed by atoms with Crippen molar-refractivity contribution >= 4 is 45.5 Å². The molecule has 2 aromatic rings. The van der Waals surface area contributed by atoms with E-state index in [1.165, 1.54) is 18.9 Å². The van der Waals surface area contributed by atoms with Gasteiger partial charge in [-0.3, -0.25) is 14.9 Å². The van der Waals surface area contributed by atoms with E-state index in [-0.39, 0.29) is 30.0 Å². The van der Waals surface area contributed by atoms with E-state index in [0.717, 1.165) is 10.0 Å². The van der Waals surface area contributed by atoms with Gasteiger partial charge in [0.2, 0.25) is 11.9 Å². The summed E-state index contributed by atoms with van der Waals surface area (Å²) in [6, 6.07) is 7.90. The smallest absolute Gasteiger partial charge is 0.315 e. The highest BCUT2D eigenvalue weighted by molar-refractivity contribution is 9.10. The van der Waals surface area contributed by atoms with Crippen LogP contribution in [0.3, 0.4) is 0 Å². The number of thioether (sulfide) groups is 1. The topological polar surface area (TPSA) is 86.1 Å². The first-order valence-electron chi connectivity index (χ1n) is 7.15. The molecule has 1 aromatic carbocycles. The molecule has 1 amide bonds. The second-order valence-corrected chi connectivity index (χ2v) is 6.84. The van der Waals surface area contributed by atoms with Gasteiger partial charge in [-0.25, -0.2) is 9.67 Å². The van der Waals surface area contributed by atoms with E-state index in [1.54, 1.807) is 11.0 Å². The number of amides is 1. The van der Waals surface area contributed by atoms with Crippen molar-refractivity contribution in [1.82, 2.24) is 14.8 Å². The third-order valence-electron chi connectivity index (χ3n) is 2.97. The molecule has 0 atom stereocenters. The molecule has 0 bridgehead atoms. The number of nitrogens with one attached hydrogen (secondary N) is 1. The highest BCUT2D eigenvalue weighted by atomic mass is 79.9. The number of esters is 1. The van der Waals surface area contributed by atoms with Gasteiger partial charge in [0.15, 0.2) is 0 Å². The summed E-state index contributed by atoms with van der Waals surface area (Å²) in [5.74, 6) is 0.558. The van der Waals surface area contributed by atoms with E-state index in [2.05, 4.69) is 36.1 Å². The molecule has 7 nitrogen and oxygen atoms in total. The fourth-order valence-electron chi connectivity index (χ4n) is 1.77. The van der Waals surface area contributed by atoms with Crippen molar-refractivity contribution in [2.75, 3.05) is 23.9 Å². The van der Waals surface area contributed by atoms with Crippen molar-refractivity contribution in [3.8, 4) is 0 Å². The molecule has 2 rings (SSSR count). The summed E-state index contributed by atoms with van der Waals surface area (Å²) in [4.78, 5) is 26.8. The minimum absolute atomic E-state index is 0.186. The normalized spacial score (nSPS) is 10.4. The maximum absolute atomic E-state index is 11.8. The van der Waals surface area contributed by atoms with Crippen molar-refractivity contribution in [3.63, 3.8) is 0 Å². The molecule has 0 saturated heterocycles. The van der Waals surface area contributed by atoms with Gasteiger partial charge in [-0.2, -0.15) is 0 Å². The van der Waals surface area contributed by atoms with Gasteiger partial charge in [0.25, 0.3) is 0 Å². The van der Waals surface area contributed by atoms with E-state index in [0.29, 0.717) is 12.3 Å². The number of hydrogen-bond donors (Lipinski definition) is 1. The Hall–Kier alpha value is -1.87. The van der Waals surface area contributed by atoms with E-state index >= 15 is 0 Å². The van der Waals surface area contributed by atoms with Gasteiger partial charge in [-0.15, -0.1) is 16.9 Å². The van der Waals surface area contributed by atoms with Crippen LogP contribution in [0.15, 0.2) is 35.1 Å². The van der Waals surface area contributed by atoms with Crippen LogP contribution in [0.5, 0.6) is 0 Å². The first-order valence-corrected chi connectivity index (χ1v) is 9.10. The maximum atomic E-state index is 11.8. The second-order valence-electron chi connectivity index (χ2n) is 4.82. The third-order valence-corrected chi connectivity index (χ3v) is 4.43. The molecule has 0 aliphatic carbocycles. The van der Waals surface area contributed by atoms with Crippen LogP contribution in [-0.4, -0.2) is 45.3 Å². The largest absolute Gasteiger partial charge is 0.468 e. The van der Waals surface area contributed by atoms with Crippen LogP contribution >= 0.6 is 27.7 Å². The number of methoxy groups -OCH3 is 1. The van der Waals surface area contributed by atoms with Gasteiger partial charge in [0.1, 0.15) is 6.33 Å². The van der Waals surface area contributed by atoms with Crippen LogP contribution < -0.4 is 5.32 Å². The number of ether oxygens (including phenoxy) is 1. The quantitative estimate of drug-likeness (QED) is 0.528. The van der Waals surface area contributed by atoms with E-state index in [1.807, 2.05) is 24.3 Å². The van der Waals surface area contributed by atoms with Crippen molar-refractivity contribution < 1.29 is 14.3 Å². The van der Waals surface area contributed by atoms with Crippen LogP contribution in [-0.2, 0) is 20.9 Å². The zero-order valence-electron chi connectivity index (χ0n) is 13.1. The summed E-state index contributed by atoms with van der Waals surface area (Å²) in [7, 11) is 1.34. The van der Waals surface area contributed by atoms with Gasteiger partial charge < -0.3 is 4.74 Å². The minimum atomic E-state index is -0.297. The standard InChI is InChI=1S/C15H17BrN4O3S/c1-23-14(22)9-24-7-6-13(21)18-15-17-10-20(19-15)8-11-2-4-12(16)5-3-11/h2-5,10H,6-9H2,1H3,(H,18,19,21). The monoisotopic (exact) mass is 412 g/mol. The molecule has 1 heterocycles. The minimum Gasteiger partial charge on any atom is -0.468 e. The average Bonchev–Trinajstić information content (AvgIpc) is 3.00. The fraction of sp³-hybridized carbons (Fsp3) is 0.333. The molecule has 24 heavy (non-hydrogen) atoms. The van der Waals surface area contributed by atoms with Crippen molar-refractivity contribution in [3.05, 3.63) is 40.6 Å². The summed E-state index contributed by atoms with van der Waals surface area (Å²) in [6.45, 7) is 0.575. The number of anilines is 1. The average molecular weight is 413 g/mol. The number of aromatic nitrogens is 3. The Balaban J connectivity index is 1.75. The van der Waals surface area contributed by atoms with Crippen LogP contribution in [0.2, 0.25) is 0 Å². The molecular weight excluding hydrogens is 396 g/mol. The lowest BCUT2D eigenvalue weighted by molar-refractivity contribution is -0.137. The summed E-state index contributed by atoms with van der Waals surface area (Å²) in [6.07, 6.45) is 1.85. The molecular formula is C15H17BrN4O3S. The van der Waals surface area contributed by atoms with E-state index in [9.17, 15) is 9.59 Å². The molecule has 0 aliphatic rings. The van der Waals surface area contributed by atoms with E-state index in [4.69, 9.17) is 0 Å². The Morgan fingerprint density at radius 1 is 1.33 bits per heavy atom. The van der Waals surface area contributed by atoms with Crippen molar-refractivity contribution in [1.29, 1.82) is 0 Å². The summed E-state index contributed by atoms with van der Waals surface area (Å²) >= 11 is 4.74. The lowest BCUT2D eigenvalue weighted by Gasteiger charge is -2.02. The highest BCUT2D eigenvalue weighted by Gasteiger charge is 2.08. The number of rotatable bonds is 8. The first-order chi connectivity index (χ1) is 11.6. The second kappa shape index (κ2) is 9.43. The molecule has 0 aliphatic heterocycles. The lowest BCUT2D eigenvalue weighted by atomic mass is 10.2. The number of hydrogen-bond acceptors (Lipinski definition) is 6. The summed E-state index contributed by atoms with van der Waals surface area (Å²) < 4.78 is 7.20. The predicted molar refractivity (Wildman–Crippen MR) is 95.9 cm³/mol. The van der Waals surface area contributed by atoms with Gasteiger partial charge in [-0.05, 0) is 17.7 Å². The van der Waals surface area contributed by atoms with Crippen LogP contribution in [0, 0.1) is 0 Å². The highest BCUT2D eigenvalue weighted by Crippen LogP contribution is 2.11. The Bertz CT molecular complexity index is 690. The zero-order chi connectivity index (χ0) is 17.4. The molecule has 0 unspecified atom stereocenters. The Morgan fingerprint density at radius 2 is 2.08 bits per heavy atom. The Morgan fingerprint density at radius 3 is 2.79 bits per heavy atom. The number of halogens is 1.